The number of benzene rings is 1. The van der Waals surface area contributed by atoms with Gasteiger partial charge in [0.05, 0.1) is 16.8 Å². The van der Waals surface area contributed by atoms with Crippen molar-refractivity contribution in [1.29, 1.82) is 0 Å². The van der Waals surface area contributed by atoms with Crippen molar-refractivity contribution in [2.45, 2.75) is 77.9 Å². The van der Waals surface area contributed by atoms with Crippen LogP contribution in [-0.4, -0.2) is 62.5 Å². The van der Waals surface area contributed by atoms with Crippen molar-refractivity contribution in [1.82, 2.24) is 14.8 Å². The minimum atomic E-state index is -0.742. The average molecular weight is 518 g/mol. The van der Waals surface area contributed by atoms with Crippen LogP contribution in [0.4, 0.5) is 0 Å². The number of aryl methyl sites for hydroxylation is 1. The summed E-state index contributed by atoms with van der Waals surface area (Å²) in [7, 11) is 0. The molecular weight excluding hydrogens is 478 g/mol. The molecule has 7 heteroatoms. The zero-order chi connectivity index (χ0) is 27.6. The largest absolute Gasteiger partial charge is 0.449 e. The monoisotopic (exact) mass is 517 g/mol. The van der Waals surface area contributed by atoms with Crippen LogP contribution in [0.5, 0.6) is 0 Å². The van der Waals surface area contributed by atoms with Gasteiger partial charge in [0.1, 0.15) is 5.52 Å². The van der Waals surface area contributed by atoms with Gasteiger partial charge in [-0.05, 0) is 52.0 Å². The first-order valence-electron chi connectivity index (χ1n) is 13.5. The second-order valence-corrected chi connectivity index (χ2v) is 13.1. The molecule has 1 aliphatic carbocycles. The Labute approximate surface area is 224 Å². The quantitative estimate of drug-likeness (QED) is 0.508. The summed E-state index contributed by atoms with van der Waals surface area (Å²) in [6.07, 6.45) is 0.996. The second kappa shape index (κ2) is 8.94. The first kappa shape index (κ1) is 26.4. The third kappa shape index (κ3) is 4.84. The standard InChI is InChI=1S/C31H39N3O4/c1-19-8-10-20(11-9-19)23-14-22(29(2,3)4)26-24(32-23)15-25(38-26)28(36)34-13-12-33(18-30(34,5)6)27(35)21-16-31(7,37)17-21/h8-11,14-15,21,37H,12-13,16-18H2,1-7H3/t21-,31+. The first-order valence-corrected chi connectivity index (χ1v) is 13.5. The lowest BCUT2D eigenvalue weighted by Crippen LogP contribution is -2.63. The minimum absolute atomic E-state index is 0.0723. The highest BCUT2D eigenvalue weighted by molar-refractivity contribution is 5.97. The zero-order valence-electron chi connectivity index (χ0n) is 23.6. The average Bonchev–Trinajstić information content (AvgIpc) is 3.24. The molecule has 2 fully saturated rings. The topological polar surface area (TPSA) is 86.9 Å². The molecule has 1 aromatic carbocycles. The van der Waals surface area contributed by atoms with Crippen LogP contribution < -0.4 is 0 Å². The lowest BCUT2D eigenvalue weighted by Gasteiger charge is -2.49. The highest BCUT2D eigenvalue weighted by Gasteiger charge is 2.47. The SMILES string of the molecule is Cc1ccc(-c2cc(C(C)(C)C)c3oc(C(=O)N4CCN(C(=O)[C@H]5C[C@@](C)(O)C5)CC4(C)C)cc3n2)cc1. The lowest BCUT2D eigenvalue weighted by atomic mass is 9.71. The second-order valence-electron chi connectivity index (χ2n) is 13.1. The highest BCUT2D eigenvalue weighted by Crippen LogP contribution is 2.39. The van der Waals surface area contributed by atoms with E-state index in [0.29, 0.717) is 43.6 Å². The molecule has 0 bridgehead atoms. The molecule has 3 aromatic rings. The number of carbonyl (C=O) groups excluding carboxylic acids is 2. The summed E-state index contributed by atoms with van der Waals surface area (Å²) >= 11 is 0. The number of pyridine rings is 1. The zero-order valence-corrected chi connectivity index (χ0v) is 23.6. The van der Waals surface area contributed by atoms with Crippen molar-refractivity contribution in [3.8, 4) is 11.3 Å². The Bertz CT molecular complexity index is 1390. The number of amides is 2. The van der Waals surface area contributed by atoms with E-state index in [4.69, 9.17) is 9.40 Å². The first-order chi connectivity index (χ1) is 17.6. The molecule has 0 unspecified atom stereocenters. The van der Waals surface area contributed by atoms with Gasteiger partial charge in [0.25, 0.3) is 5.91 Å². The van der Waals surface area contributed by atoms with E-state index in [-0.39, 0.29) is 28.9 Å². The van der Waals surface area contributed by atoms with Crippen molar-refractivity contribution >= 4 is 22.9 Å². The molecule has 38 heavy (non-hydrogen) atoms. The molecule has 1 aliphatic heterocycles. The van der Waals surface area contributed by atoms with Crippen molar-refractivity contribution in [3.05, 3.63) is 53.3 Å². The van der Waals surface area contributed by atoms with Crippen molar-refractivity contribution in [3.63, 3.8) is 0 Å². The van der Waals surface area contributed by atoms with E-state index in [2.05, 4.69) is 58.0 Å². The molecular formula is C31H39N3O4. The fourth-order valence-corrected chi connectivity index (χ4v) is 5.84. The lowest BCUT2D eigenvalue weighted by molar-refractivity contribution is -0.153. The summed E-state index contributed by atoms with van der Waals surface area (Å²) in [5.74, 6) is 0.0107. The van der Waals surface area contributed by atoms with Crippen molar-refractivity contribution in [2.24, 2.45) is 5.92 Å². The smallest absolute Gasteiger partial charge is 0.290 e. The Hall–Kier alpha value is -3.19. The number of aliphatic hydroxyl groups is 1. The molecule has 3 heterocycles. The van der Waals surface area contributed by atoms with E-state index in [9.17, 15) is 14.7 Å². The van der Waals surface area contributed by atoms with Gasteiger partial charge in [-0.2, -0.15) is 0 Å². The van der Waals surface area contributed by atoms with Gasteiger partial charge in [-0.3, -0.25) is 9.59 Å². The van der Waals surface area contributed by atoms with Crippen LogP contribution in [0.15, 0.2) is 40.8 Å². The van der Waals surface area contributed by atoms with Gasteiger partial charge in [0.2, 0.25) is 5.91 Å². The van der Waals surface area contributed by atoms with Gasteiger partial charge >= 0.3 is 0 Å². The van der Waals surface area contributed by atoms with Crippen LogP contribution in [0, 0.1) is 12.8 Å². The molecule has 0 atom stereocenters. The molecule has 1 saturated heterocycles. The van der Waals surface area contributed by atoms with Gasteiger partial charge in [0, 0.05) is 42.7 Å². The van der Waals surface area contributed by atoms with Crippen LogP contribution in [0.2, 0.25) is 0 Å². The van der Waals surface area contributed by atoms with Gasteiger partial charge < -0.3 is 19.3 Å². The minimum Gasteiger partial charge on any atom is -0.449 e. The fourth-order valence-electron chi connectivity index (χ4n) is 5.84. The number of piperazine rings is 1. The van der Waals surface area contributed by atoms with Crippen molar-refractivity contribution in [2.75, 3.05) is 19.6 Å². The Kier molecular flexibility index (Phi) is 6.21. The van der Waals surface area contributed by atoms with Crippen LogP contribution in [0.25, 0.3) is 22.4 Å². The highest BCUT2D eigenvalue weighted by atomic mass is 16.3. The number of furan rings is 1. The summed E-state index contributed by atoms with van der Waals surface area (Å²) in [6.45, 7) is 15.5. The molecule has 1 N–H and O–H groups in total. The molecule has 0 spiro atoms. The Morgan fingerprint density at radius 1 is 1.05 bits per heavy atom. The summed E-state index contributed by atoms with van der Waals surface area (Å²) in [5, 5.41) is 10.1. The predicted molar refractivity (Wildman–Crippen MR) is 148 cm³/mol. The Balaban J connectivity index is 1.42. The number of carbonyl (C=O) groups is 2. The normalized spacial score (nSPS) is 23.4. The molecule has 0 radical (unpaired) electrons. The van der Waals surface area contributed by atoms with Gasteiger partial charge in [0.15, 0.2) is 11.3 Å². The number of nitrogens with zero attached hydrogens (tertiary/aromatic N) is 3. The van der Waals surface area contributed by atoms with Crippen molar-refractivity contribution < 1.29 is 19.1 Å². The molecule has 202 valence electrons. The van der Waals surface area contributed by atoms with Crippen LogP contribution in [0.1, 0.15) is 76.1 Å². The summed E-state index contributed by atoms with van der Waals surface area (Å²) in [4.78, 5) is 35.3. The third-order valence-electron chi connectivity index (χ3n) is 8.03. The third-order valence-corrected chi connectivity index (χ3v) is 8.03. The Morgan fingerprint density at radius 3 is 2.29 bits per heavy atom. The number of rotatable bonds is 3. The molecule has 7 nitrogen and oxygen atoms in total. The molecule has 2 aromatic heterocycles. The van der Waals surface area contributed by atoms with Gasteiger partial charge in [-0.25, -0.2) is 4.98 Å². The van der Waals surface area contributed by atoms with E-state index in [1.807, 2.05) is 23.6 Å². The number of fused-ring (bicyclic) bond motifs is 1. The van der Waals surface area contributed by atoms with E-state index in [1.54, 1.807) is 13.0 Å². The van der Waals surface area contributed by atoms with Crippen LogP contribution in [-0.2, 0) is 10.2 Å². The maximum atomic E-state index is 13.8. The van der Waals surface area contributed by atoms with Crippen LogP contribution in [0.3, 0.4) is 0 Å². The molecule has 2 amide bonds. The number of hydrogen-bond acceptors (Lipinski definition) is 5. The molecule has 1 saturated carbocycles. The van der Waals surface area contributed by atoms with Crippen LogP contribution >= 0.6 is 0 Å². The van der Waals surface area contributed by atoms with E-state index >= 15 is 0 Å². The fraction of sp³-hybridized carbons (Fsp3) is 0.516. The van der Waals surface area contributed by atoms with E-state index in [1.165, 1.54) is 5.56 Å². The summed E-state index contributed by atoms with van der Waals surface area (Å²) in [6, 6.07) is 12.1. The summed E-state index contributed by atoms with van der Waals surface area (Å²) < 4.78 is 6.24. The molecule has 2 aliphatic rings. The van der Waals surface area contributed by atoms with Gasteiger partial charge in [-0.15, -0.1) is 0 Å². The number of hydrogen-bond donors (Lipinski definition) is 1. The summed E-state index contributed by atoms with van der Waals surface area (Å²) in [5.41, 5.74) is 3.85. The predicted octanol–water partition coefficient (Wildman–Crippen LogP) is 5.32. The number of aromatic nitrogens is 1. The maximum Gasteiger partial charge on any atom is 0.290 e. The van der Waals surface area contributed by atoms with Gasteiger partial charge in [-0.1, -0.05) is 50.6 Å². The van der Waals surface area contributed by atoms with E-state index in [0.717, 1.165) is 16.8 Å². The van der Waals surface area contributed by atoms with E-state index < -0.39 is 11.1 Å². The maximum absolute atomic E-state index is 13.8. The molecule has 5 rings (SSSR count). The Morgan fingerprint density at radius 2 is 1.71 bits per heavy atom.